The molecule has 114 valence electrons. The predicted molar refractivity (Wildman–Crippen MR) is 78.5 cm³/mol. The number of benzene rings is 1. The molecule has 3 amide bonds. The van der Waals surface area contributed by atoms with Crippen molar-refractivity contribution < 1.29 is 14.0 Å². The second kappa shape index (κ2) is 6.43. The summed E-state index contributed by atoms with van der Waals surface area (Å²) in [6.07, 6.45) is 1.40. The molecule has 0 spiro atoms. The number of nitrogens with zero attached hydrogens (tertiary/aromatic N) is 1. The van der Waals surface area contributed by atoms with E-state index in [0.29, 0.717) is 37.3 Å². The smallest absolute Gasteiger partial charge is 0.314 e. The Bertz CT molecular complexity index is 542. The Kier molecular flexibility index (Phi) is 4.62. The van der Waals surface area contributed by atoms with Gasteiger partial charge >= 0.3 is 6.03 Å². The van der Waals surface area contributed by atoms with E-state index in [1.807, 2.05) is 0 Å². The number of likely N-dealkylation sites (tertiary alicyclic amines) is 1. The first-order valence-corrected chi connectivity index (χ1v) is 6.84. The highest BCUT2D eigenvalue weighted by Crippen LogP contribution is 2.23. The Morgan fingerprint density at radius 2 is 2.00 bits per heavy atom. The number of hydrogen-bond acceptors (Lipinski definition) is 3. The third kappa shape index (κ3) is 4.08. The van der Waals surface area contributed by atoms with Crippen LogP contribution in [0.15, 0.2) is 18.2 Å². The second-order valence-corrected chi connectivity index (χ2v) is 5.12. The van der Waals surface area contributed by atoms with Crippen LogP contribution >= 0.6 is 0 Å². The van der Waals surface area contributed by atoms with Crippen LogP contribution < -0.4 is 16.4 Å². The largest absolute Gasteiger partial charge is 0.380 e. The molecule has 0 aliphatic carbocycles. The van der Waals surface area contributed by atoms with Gasteiger partial charge in [0.2, 0.25) is 5.91 Å². The zero-order valence-corrected chi connectivity index (χ0v) is 11.9. The van der Waals surface area contributed by atoms with Gasteiger partial charge in [-0.15, -0.1) is 0 Å². The van der Waals surface area contributed by atoms with Crippen molar-refractivity contribution in [1.82, 2.24) is 4.90 Å². The number of primary amides is 1. The topological polar surface area (TPSA) is 87.5 Å². The van der Waals surface area contributed by atoms with Crippen LogP contribution in [0.3, 0.4) is 0 Å². The average Bonchev–Trinajstić information content (AvgIpc) is 2.42. The molecule has 4 N–H and O–H groups in total. The van der Waals surface area contributed by atoms with Crippen LogP contribution in [-0.2, 0) is 4.79 Å². The van der Waals surface area contributed by atoms with Crippen molar-refractivity contribution in [3.05, 3.63) is 24.0 Å². The Morgan fingerprint density at radius 1 is 1.33 bits per heavy atom. The first kappa shape index (κ1) is 15.1. The maximum absolute atomic E-state index is 13.8. The molecule has 1 saturated heterocycles. The summed E-state index contributed by atoms with van der Waals surface area (Å²) >= 11 is 0. The number of rotatable bonds is 3. The maximum Gasteiger partial charge on any atom is 0.314 e. The van der Waals surface area contributed by atoms with Gasteiger partial charge in [0, 0.05) is 31.7 Å². The standard InChI is InChI=1S/C14H19FN4O2/c1-9(20)17-11-2-3-12(15)13(8-11)18-10-4-6-19(7-5-10)14(16)21/h2-3,8,10,18H,4-7H2,1H3,(H2,16,21)(H,17,20). The number of amides is 3. The third-order valence-electron chi connectivity index (χ3n) is 3.45. The number of carbonyl (C=O) groups excluding carboxylic acids is 2. The second-order valence-electron chi connectivity index (χ2n) is 5.12. The molecule has 1 aromatic rings. The minimum atomic E-state index is -0.424. The first-order chi connectivity index (χ1) is 9.95. The lowest BCUT2D eigenvalue weighted by molar-refractivity contribution is -0.114. The van der Waals surface area contributed by atoms with Gasteiger partial charge in [-0.05, 0) is 31.0 Å². The summed E-state index contributed by atoms with van der Waals surface area (Å²) in [5.41, 5.74) is 6.11. The molecule has 1 aromatic carbocycles. The van der Waals surface area contributed by atoms with Crippen LogP contribution in [0.2, 0.25) is 0 Å². The summed E-state index contributed by atoms with van der Waals surface area (Å²) in [6, 6.07) is 4.04. The minimum Gasteiger partial charge on any atom is -0.380 e. The number of halogens is 1. The zero-order chi connectivity index (χ0) is 15.4. The summed E-state index contributed by atoms with van der Waals surface area (Å²) in [5.74, 6) is -0.580. The lowest BCUT2D eigenvalue weighted by Crippen LogP contribution is -2.44. The molecular formula is C14H19FN4O2. The van der Waals surface area contributed by atoms with Gasteiger partial charge in [-0.1, -0.05) is 0 Å². The van der Waals surface area contributed by atoms with Crippen LogP contribution in [0.25, 0.3) is 0 Å². The maximum atomic E-state index is 13.8. The molecule has 0 aromatic heterocycles. The first-order valence-electron chi connectivity index (χ1n) is 6.84. The molecule has 0 bridgehead atoms. The lowest BCUT2D eigenvalue weighted by atomic mass is 10.0. The Labute approximate surface area is 122 Å². The van der Waals surface area contributed by atoms with Gasteiger partial charge in [0.15, 0.2) is 0 Å². The molecule has 0 radical (unpaired) electrons. The van der Waals surface area contributed by atoms with Crippen molar-refractivity contribution in [1.29, 1.82) is 0 Å². The Hall–Kier alpha value is -2.31. The van der Waals surface area contributed by atoms with Gasteiger partial charge in [-0.2, -0.15) is 0 Å². The molecule has 0 unspecified atom stereocenters. The molecule has 21 heavy (non-hydrogen) atoms. The molecule has 0 atom stereocenters. The molecule has 7 heteroatoms. The summed E-state index contributed by atoms with van der Waals surface area (Å²) < 4.78 is 13.8. The minimum absolute atomic E-state index is 0.0719. The van der Waals surface area contributed by atoms with Crippen LogP contribution in [0, 0.1) is 5.82 Å². The summed E-state index contributed by atoms with van der Waals surface area (Å²) in [5, 5.41) is 5.73. The molecule has 2 rings (SSSR count). The summed E-state index contributed by atoms with van der Waals surface area (Å²) in [7, 11) is 0. The highest BCUT2D eigenvalue weighted by atomic mass is 19.1. The summed E-state index contributed by atoms with van der Waals surface area (Å²) in [6.45, 7) is 2.51. The number of nitrogens with one attached hydrogen (secondary N) is 2. The number of nitrogens with two attached hydrogens (primary N) is 1. The lowest BCUT2D eigenvalue weighted by Gasteiger charge is -2.31. The van der Waals surface area contributed by atoms with Crippen molar-refractivity contribution in [3.63, 3.8) is 0 Å². The van der Waals surface area contributed by atoms with Gasteiger partial charge < -0.3 is 21.3 Å². The van der Waals surface area contributed by atoms with Gasteiger partial charge in [0.1, 0.15) is 5.82 Å². The monoisotopic (exact) mass is 294 g/mol. The highest BCUT2D eigenvalue weighted by Gasteiger charge is 2.21. The van der Waals surface area contributed by atoms with E-state index < -0.39 is 6.03 Å². The molecule has 1 heterocycles. The quantitative estimate of drug-likeness (QED) is 0.793. The van der Waals surface area contributed by atoms with Crippen LogP contribution in [-0.4, -0.2) is 36.0 Å². The third-order valence-corrected chi connectivity index (χ3v) is 3.45. The summed E-state index contributed by atoms with van der Waals surface area (Å²) in [4.78, 5) is 23.6. The van der Waals surface area contributed by atoms with Gasteiger partial charge in [-0.25, -0.2) is 9.18 Å². The number of carbonyl (C=O) groups is 2. The molecule has 1 aliphatic rings. The van der Waals surface area contributed by atoms with E-state index in [2.05, 4.69) is 10.6 Å². The van der Waals surface area contributed by atoms with Crippen molar-refractivity contribution in [2.24, 2.45) is 5.73 Å². The van der Waals surface area contributed by atoms with Crippen molar-refractivity contribution in [2.75, 3.05) is 23.7 Å². The molecular weight excluding hydrogens is 275 g/mol. The fourth-order valence-corrected chi connectivity index (χ4v) is 2.38. The fraction of sp³-hybridized carbons (Fsp3) is 0.429. The van der Waals surface area contributed by atoms with Crippen LogP contribution in [0.1, 0.15) is 19.8 Å². The van der Waals surface area contributed by atoms with E-state index in [0.717, 1.165) is 0 Å². The number of anilines is 2. The average molecular weight is 294 g/mol. The SMILES string of the molecule is CC(=O)Nc1ccc(F)c(NC2CCN(C(N)=O)CC2)c1. The van der Waals surface area contributed by atoms with E-state index in [-0.39, 0.29) is 17.8 Å². The van der Waals surface area contributed by atoms with Crippen LogP contribution in [0.5, 0.6) is 0 Å². The normalized spacial score (nSPS) is 15.6. The van der Waals surface area contributed by atoms with Crippen molar-refractivity contribution >= 4 is 23.3 Å². The van der Waals surface area contributed by atoms with Crippen molar-refractivity contribution in [3.8, 4) is 0 Å². The molecule has 6 nitrogen and oxygen atoms in total. The number of piperidine rings is 1. The zero-order valence-electron chi connectivity index (χ0n) is 11.9. The number of hydrogen-bond donors (Lipinski definition) is 3. The van der Waals surface area contributed by atoms with Crippen molar-refractivity contribution in [2.45, 2.75) is 25.8 Å². The van der Waals surface area contributed by atoms with E-state index in [4.69, 9.17) is 5.73 Å². The van der Waals surface area contributed by atoms with Gasteiger partial charge in [0.05, 0.1) is 5.69 Å². The highest BCUT2D eigenvalue weighted by molar-refractivity contribution is 5.89. The van der Waals surface area contributed by atoms with Crippen LogP contribution in [0.4, 0.5) is 20.6 Å². The molecule has 1 aliphatic heterocycles. The van der Waals surface area contributed by atoms with E-state index in [9.17, 15) is 14.0 Å². The van der Waals surface area contributed by atoms with Gasteiger partial charge in [-0.3, -0.25) is 4.79 Å². The van der Waals surface area contributed by atoms with E-state index in [1.165, 1.54) is 19.1 Å². The van der Waals surface area contributed by atoms with E-state index >= 15 is 0 Å². The Morgan fingerprint density at radius 3 is 2.57 bits per heavy atom. The predicted octanol–water partition coefficient (Wildman–Crippen LogP) is 1.74. The fourth-order valence-electron chi connectivity index (χ4n) is 2.38. The Balaban J connectivity index is 1.99. The number of urea groups is 1. The molecule has 0 saturated carbocycles. The van der Waals surface area contributed by atoms with Gasteiger partial charge in [0.25, 0.3) is 0 Å². The molecule has 1 fully saturated rings. The van der Waals surface area contributed by atoms with E-state index in [1.54, 1.807) is 11.0 Å².